The van der Waals surface area contributed by atoms with Gasteiger partial charge >= 0.3 is 0 Å². The fourth-order valence-corrected chi connectivity index (χ4v) is 3.17. The molecule has 1 aliphatic carbocycles. The van der Waals surface area contributed by atoms with E-state index in [0.29, 0.717) is 6.04 Å². The second-order valence-corrected chi connectivity index (χ2v) is 5.97. The molecule has 3 rings (SSSR count). The first-order valence-electron chi connectivity index (χ1n) is 6.50. The van der Waals surface area contributed by atoms with Gasteiger partial charge in [-0.2, -0.15) is 0 Å². The summed E-state index contributed by atoms with van der Waals surface area (Å²) >= 11 is 3.48. The predicted molar refractivity (Wildman–Crippen MR) is 77.6 cm³/mol. The minimum Gasteiger partial charge on any atom is -0.398 e. The van der Waals surface area contributed by atoms with Gasteiger partial charge in [-0.1, -0.05) is 28.8 Å². The maximum atomic E-state index is 6.02. The Kier molecular flexibility index (Phi) is 3.26. The van der Waals surface area contributed by atoms with Crippen LogP contribution in [0, 0.1) is 6.92 Å². The molecule has 6 heteroatoms. The average molecular weight is 322 g/mol. The van der Waals surface area contributed by atoms with E-state index in [2.05, 4.69) is 31.5 Å². The zero-order valence-corrected chi connectivity index (χ0v) is 12.4. The number of benzene rings is 1. The summed E-state index contributed by atoms with van der Waals surface area (Å²) in [6, 6.07) is 4.36. The number of rotatable bonds is 2. The molecule has 0 amide bonds. The maximum absolute atomic E-state index is 6.02. The van der Waals surface area contributed by atoms with Crippen molar-refractivity contribution in [2.45, 2.75) is 38.6 Å². The lowest BCUT2D eigenvalue weighted by atomic mass is 10.1. The second-order valence-electron chi connectivity index (χ2n) is 5.05. The molecule has 1 aromatic heterocycles. The Hall–Kier alpha value is -1.43. The topological polar surface area (TPSA) is 69.6 Å². The van der Waals surface area contributed by atoms with Crippen LogP contribution in [0.4, 0.5) is 5.69 Å². The first kappa shape index (κ1) is 12.6. The third-order valence-corrected chi connectivity index (χ3v) is 4.27. The zero-order chi connectivity index (χ0) is 13.4. The summed E-state index contributed by atoms with van der Waals surface area (Å²) in [7, 11) is 0. The van der Waals surface area contributed by atoms with E-state index in [1.807, 2.05) is 23.7 Å². The van der Waals surface area contributed by atoms with Crippen LogP contribution in [0.3, 0.4) is 0 Å². The van der Waals surface area contributed by atoms with Gasteiger partial charge < -0.3 is 5.73 Å². The van der Waals surface area contributed by atoms with Gasteiger partial charge in [0.25, 0.3) is 0 Å². The number of hydrogen-bond acceptors (Lipinski definition) is 4. The van der Waals surface area contributed by atoms with E-state index in [1.165, 1.54) is 12.8 Å². The summed E-state index contributed by atoms with van der Waals surface area (Å²) in [5.74, 6) is 0.817. The number of nitrogen functional groups attached to an aromatic ring is 1. The highest BCUT2D eigenvalue weighted by Crippen LogP contribution is 2.34. The smallest absolute Gasteiger partial charge is 0.182 e. The molecule has 0 unspecified atom stereocenters. The average Bonchev–Trinajstić information content (AvgIpc) is 3.02. The molecule has 19 heavy (non-hydrogen) atoms. The summed E-state index contributed by atoms with van der Waals surface area (Å²) in [4.78, 5) is 0. The standard InChI is InChI=1S/C13H16BrN5/c1-8-11(6-9(14)7-12(8)15)13-16-17-18-19(13)10-4-2-3-5-10/h6-7,10H,2-5,15H2,1H3. The summed E-state index contributed by atoms with van der Waals surface area (Å²) < 4.78 is 2.91. The molecule has 2 aromatic rings. The van der Waals surface area contributed by atoms with Crippen LogP contribution in [-0.2, 0) is 0 Å². The Morgan fingerprint density at radius 1 is 1.32 bits per heavy atom. The Morgan fingerprint density at radius 2 is 2.05 bits per heavy atom. The van der Waals surface area contributed by atoms with Gasteiger partial charge in [0, 0.05) is 15.7 Å². The fraction of sp³-hybridized carbons (Fsp3) is 0.462. The number of nitrogens with zero attached hydrogens (tertiary/aromatic N) is 4. The number of tetrazole rings is 1. The molecule has 5 nitrogen and oxygen atoms in total. The second kappa shape index (κ2) is 4.92. The van der Waals surface area contributed by atoms with Crippen LogP contribution >= 0.6 is 15.9 Å². The fourth-order valence-electron chi connectivity index (χ4n) is 2.70. The van der Waals surface area contributed by atoms with E-state index in [0.717, 1.165) is 40.0 Å². The van der Waals surface area contributed by atoms with Crippen LogP contribution in [-0.4, -0.2) is 20.2 Å². The summed E-state index contributed by atoms with van der Waals surface area (Å²) in [6.07, 6.45) is 4.81. The number of halogens is 1. The molecule has 0 bridgehead atoms. The molecule has 0 saturated heterocycles. The molecule has 2 N–H and O–H groups in total. The minimum atomic E-state index is 0.421. The monoisotopic (exact) mass is 321 g/mol. The number of aromatic nitrogens is 4. The highest BCUT2D eigenvalue weighted by atomic mass is 79.9. The first-order chi connectivity index (χ1) is 9.16. The van der Waals surface area contributed by atoms with Crippen molar-refractivity contribution in [1.29, 1.82) is 0 Å². The van der Waals surface area contributed by atoms with E-state index in [9.17, 15) is 0 Å². The molecular weight excluding hydrogens is 306 g/mol. The molecule has 0 atom stereocenters. The molecule has 0 aliphatic heterocycles. The summed E-state index contributed by atoms with van der Waals surface area (Å²) in [6.45, 7) is 2.00. The predicted octanol–water partition coefficient (Wildman–Crippen LogP) is 3.11. The number of anilines is 1. The zero-order valence-electron chi connectivity index (χ0n) is 10.8. The van der Waals surface area contributed by atoms with Crippen LogP contribution in [0.2, 0.25) is 0 Å². The lowest BCUT2D eigenvalue weighted by Gasteiger charge is -2.14. The van der Waals surface area contributed by atoms with Crippen molar-refractivity contribution in [2.24, 2.45) is 0 Å². The van der Waals surface area contributed by atoms with E-state index >= 15 is 0 Å². The Balaban J connectivity index is 2.10. The van der Waals surface area contributed by atoms with Crippen LogP contribution in [0.1, 0.15) is 37.3 Å². The minimum absolute atomic E-state index is 0.421. The molecule has 1 saturated carbocycles. The molecule has 1 heterocycles. The highest BCUT2D eigenvalue weighted by Gasteiger charge is 2.23. The van der Waals surface area contributed by atoms with Crippen LogP contribution in [0.15, 0.2) is 16.6 Å². The largest absolute Gasteiger partial charge is 0.398 e. The third-order valence-electron chi connectivity index (χ3n) is 3.82. The molecular formula is C13H16BrN5. The van der Waals surface area contributed by atoms with Crippen LogP contribution in [0.25, 0.3) is 11.4 Å². The highest BCUT2D eigenvalue weighted by molar-refractivity contribution is 9.10. The summed E-state index contributed by atoms with van der Waals surface area (Å²) in [5, 5.41) is 12.2. The Bertz CT molecular complexity index is 601. The van der Waals surface area contributed by atoms with Gasteiger partial charge in [-0.05, 0) is 47.9 Å². The van der Waals surface area contributed by atoms with Gasteiger partial charge in [0.1, 0.15) is 0 Å². The molecule has 1 aliphatic rings. The molecule has 100 valence electrons. The Labute approximate surface area is 120 Å². The maximum Gasteiger partial charge on any atom is 0.182 e. The van der Waals surface area contributed by atoms with Gasteiger partial charge in [0.05, 0.1) is 6.04 Å². The van der Waals surface area contributed by atoms with Crippen LogP contribution in [0.5, 0.6) is 0 Å². The Morgan fingerprint density at radius 3 is 2.79 bits per heavy atom. The lowest BCUT2D eigenvalue weighted by Crippen LogP contribution is -2.09. The van der Waals surface area contributed by atoms with Crippen molar-refractivity contribution >= 4 is 21.6 Å². The van der Waals surface area contributed by atoms with Crippen molar-refractivity contribution in [2.75, 3.05) is 5.73 Å². The van der Waals surface area contributed by atoms with Crippen molar-refractivity contribution in [3.05, 3.63) is 22.2 Å². The van der Waals surface area contributed by atoms with Gasteiger partial charge in [-0.3, -0.25) is 0 Å². The van der Waals surface area contributed by atoms with E-state index in [4.69, 9.17) is 5.73 Å². The first-order valence-corrected chi connectivity index (χ1v) is 7.30. The van der Waals surface area contributed by atoms with Gasteiger partial charge in [0.2, 0.25) is 0 Å². The number of nitrogens with two attached hydrogens (primary N) is 1. The molecule has 1 aromatic carbocycles. The SMILES string of the molecule is Cc1c(N)cc(Br)cc1-c1nnnn1C1CCCC1. The van der Waals surface area contributed by atoms with Crippen molar-refractivity contribution in [3.63, 3.8) is 0 Å². The van der Waals surface area contributed by atoms with Gasteiger partial charge in [0.15, 0.2) is 5.82 Å². The third kappa shape index (κ3) is 2.25. The van der Waals surface area contributed by atoms with E-state index in [1.54, 1.807) is 0 Å². The summed E-state index contributed by atoms with van der Waals surface area (Å²) in [5.41, 5.74) is 8.81. The quantitative estimate of drug-likeness (QED) is 0.863. The van der Waals surface area contributed by atoms with E-state index < -0.39 is 0 Å². The van der Waals surface area contributed by atoms with Crippen molar-refractivity contribution < 1.29 is 0 Å². The molecule has 0 radical (unpaired) electrons. The lowest BCUT2D eigenvalue weighted by molar-refractivity contribution is 0.458. The number of hydrogen-bond donors (Lipinski definition) is 1. The van der Waals surface area contributed by atoms with Crippen molar-refractivity contribution in [1.82, 2.24) is 20.2 Å². The van der Waals surface area contributed by atoms with Crippen LogP contribution < -0.4 is 5.73 Å². The van der Waals surface area contributed by atoms with E-state index in [-0.39, 0.29) is 0 Å². The normalized spacial score (nSPS) is 16.1. The van der Waals surface area contributed by atoms with Crippen molar-refractivity contribution in [3.8, 4) is 11.4 Å². The molecule has 1 fully saturated rings. The van der Waals surface area contributed by atoms with Gasteiger partial charge in [-0.25, -0.2) is 4.68 Å². The molecule has 0 spiro atoms. The van der Waals surface area contributed by atoms with Gasteiger partial charge in [-0.15, -0.1) is 5.10 Å².